The second kappa shape index (κ2) is 5.68. The lowest BCUT2D eigenvalue weighted by molar-refractivity contribution is -0.118. The fourth-order valence-electron chi connectivity index (χ4n) is 2.22. The summed E-state index contributed by atoms with van der Waals surface area (Å²) in [7, 11) is -3.92. The topological polar surface area (TPSA) is 98.5 Å². The van der Waals surface area contributed by atoms with Gasteiger partial charge in [-0.15, -0.1) is 0 Å². The molecule has 1 aliphatic heterocycles. The molecule has 3 rings (SSSR count). The van der Waals surface area contributed by atoms with Gasteiger partial charge in [0.1, 0.15) is 11.4 Å². The van der Waals surface area contributed by atoms with Gasteiger partial charge in [0.15, 0.2) is 6.61 Å². The predicted octanol–water partition coefficient (Wildman–Crippen LogP) is 2.64. The van der Waals surface area contributed by atoms with E-state index in [2.05, 4.69) is 5.32 Å². The Kier molecular flexibility index (Phi) is 3.97. The average Bonchev–Trinajstić information content (AvgIpc) is 2.46. The van der Waals surface area contributed by atoms with Gasteiger partial charge in [0.05, 0.1) is 9.92 Å². The molecular formula is C14H10Cl2N2O4S. The van der Waals surface area contributed by atoms with Crippen LogP contribution in [0.3, 0.4) is 0 Å². The van der Waals surface area contributed by atoms with E-state index in [1.165, 1.54) is 12.1 Å². The maximum atomic E-state index is 11.5. The highest BCUT2D eigenvalue weighted by Crippen LogP contribution is 2.42. The number of primary sulfonamides is 1. The normalized spacial score (nSPS) is 14.0. The molecule has 2 aromatic rings. The molecule has 1 amide bonds. The Morgan fingerprint density at radius 3 is 2.61 bits per heavy atom. The lowest BCUT2D eigenvalue weighted by atomic mass is 10.0. The van der Waals surface area contributed by atoms with Gasteiger partial charge in [-0.3, -0.25) is 4.79 Å². The largest absolute Gasteiger partial charge is 0.482 e. The average molecular weight is 373 g/mol. The van der Waals surface area contributed by atoms with Gasteiger partial charge in [0.2, 0.25) is 10.0 Å². The van der Waals surface area contributed by atoms with Crippen LogP contribution in [0.4, 0.5) is 5.69 Å². The lowest BCUT2D eigenvalue weighted by Crippen LogP contribution is -2.25. The van der Waals surface area contributed by atoms with E-state index in [4.69, 9.17) is 33.1 Å². The summed E-state index contributed by atoms with van der Waals surface area (Å²) in [4.78, 5) is 11.3. The number of nitrogens with two attached hydrogens (primary N) is 1. The van der Waals surface area contributed by atoms with E-state index in [-0.39, 0.29) is 27.5 Å². The number of nitrogens with one attached hydrogen (secondary N) is 1. The third kappa shape index (κ3) is 3.13. The fraction of sp³-hybridized carbons (Fsp3) is 0.0714. The van der Waals surface area contributed by atoms with Crippen molar-refractivity contribution in [1.82, 2.24) is 0 Å². The third-order valence-corrected chi connectivity index (χ3v) is 4.74. The number of sulfonamides is 1. The maximum Gasteiger partial charge on any atom is 0.262 e. The molecule has 2 aromatic carbocycles. The highest BCUT2D eigenvalue weighted by atomic mass is 35.5. The molecule has 1 aliphatic rings. The molecule has 9 heteroatoms. The molecule has 0 saturated heterocycles. The van der Waals surface area contributed by atoms with Crippen molar-refractivity contribution >= 4 is 44.8 Å². The summed E-state index contributed by atoms with van der Waals surface area (Å²) < 4.78 is 28.3. The zero-order valence-corrected chi connectivity index (χ0v) is 13.8. The Bertz CT molecular complexity index is 929. The van der Waals surface area contributed by atoms with Crippen LogP contribution >= 0.6 is 23.2 Å². The van der Waals surface area contributed by atoms with E-state index in [9.17, 15) is 13.2 Å². The minimum atomic E-state index is -3.92. The van der Waals surface area contributed by atoms with Gasteiger partial charge in [-0.1, -0.05) is 23.2 Å². The van der Waals surface area contributed by atoms with Gasteiger partial charge >= 0.3 is 0 Å². The van der Waals surface area contributed by atoms with Crippen molar-refractivity contribution in [2.45, 2.75) is 4.90 Å². The standard InChI is InChI=1S/C14H10Cl2N2O4S/c15-8-3-7(4-9(5-8)23(17,20)21)10-1-2-11-14(13(10)16)18-12(19)6-22-11/h1-5H,6H2,(H,18,19)(H2,17,20,21). The van der Waals surface area contributed by atoms with E-state index in [0.717, 1.165) is 0 Å². The highest BCUT2D eigenvalue weighted by molar-refractivity contribution is 7.89. The summed E-state index contributed by atoms with van der Waals surface area (Å²) in [6.45, 7) is -0.0879. The number of benzene rings is 2. The summed E-state index contributed by atoms with van der Waals surface area (Å²) in [5.74, 6) is 0.111. The molecule has 0 atom stereocenters. The molecule has 3 N–H and O–H groups in total. The van der Waals surface area contributed by atoms with Crippen LogP contribution in [0.5, 0.6) is 5.75 Å². The minimum absolute atomic E-state index is 0.0879. The van der Waals surface area contributed by atoms with E-state index >= 15 is 0 Å². The Hall–Kier alpha value is -1.80. The first-order chi connectivity index (χ1) is 10.8. The van der Waals surface area contributed by atoms with Crippen LogP contribution in [-0.2, 0) is 14.8 Å². The van der Waals surface area contributed by atoms with Crippen molar-refractivity contribution in [2.24, 2.45) is 5.14 Å². The number of fused-ring (bicyclic) bond motifs is 1. The molecule has 0 fully saturated rings. The summed E-state index contributed by atoms with van der Waals surface area (Å²) in [5, 5.41) is 8.18. The summed E-state index contributed by atoms with van der Waals surface area (Å²) in [6.07, 6.45) is 0. The minimum Gasteiger partial charge on any atom is -0.482 e. The zero-order valence-electron chi connectivity index (χ0n) is 11.5. The first kappa shape index (κ1) is 16.1. The molecule has 0 radical (unpaired) electrons. The van der Waals surface area contributed by atoms with Crippen LogP contribution in [0.2, 0.25) is 10.0 Å². The second-order valence-corrected chi connectivity index (χ2v) is 7.23. The Labute approximate surface area is 142 Å². The number of amides is 1. The summed E-state index contributed by atoms with van der Waals surface area (Å²) in [6, 6.07) is 7.44. The van der Waals surface area contributed by atoms with Gasteiger partial charge in [0.25, 0.3) is 5.91 Å². The molecule has 1 heterocycles. The monoisotopic (exact) mass is 372 g/mol. The number of carbonyl (C=O) groups excluding carboxylic acids is 1. The lowest BCUT2D eigenvalue weighted by Gasteiger charge is -2.20. The Balaban J connectivity index is 2.18. The number of hydrogen-bond acceptors (Lipinski definition) is 4. The first-order valence-corrected chi connectivity index (χ1v) is 8.65. The number of anilines is 1. The van der Waals surface area contributed by atoms with Gasteiger partial charge in [0, 0.05) is 10.6 Å². The van der Waals surface area contributed by atoms with Crippen LogP contribution in [0.25, 0.3) is 11.1 Å². The Morgan fingerprint density at radius 2 is 1.91 bits per heavy atom. The number of hydrogen-bond donors (Lipinski definition) is 2. The quantitative estimate of drug-likeness (QED) is 0.846. The third-order valence-electron chi connectivity index (χ3n) is 3.24. The predicted molar refractivity (Wildman–Crippen MR) is 87.4 cm³/mol. The molecule has 0 spiro atoms. The van der Waals surface area contributed by atoms with Crippen LogP contribution in [0.15, 0.2) is 35.2 Å². The molecule has 120 valence electrons. The van der Waals surface area contributed by atoms with Crippen molar-refractivity contribution in [3.63, 3.8) is 0 Å². The second-order valence-electron chi connectivity index (χ2n) is 4.86. The number of carbonyl (C=O) groups is 1. The van der Waals surface area contributed by atoms with Crippen LogP contribution < -0.4 is 15.2 Å². The van der Waals surface area contributed by atoms with E-state index in [1.54, 1.807) is 18.2 Å². The van der Waals surface area contributed by atoms with E-state index < -0.39 is 10.0 Å². The SMILES string of the molecule is NS(=O)(=O)c1cc(Cl)cc(-c2ccc3c(c2Cl)NC(=O)CO3)c1. The van der Waals surface area contributed by atoms with E-state index in [0.29, 0.717) is 22.6 Å². The molecular weight excluding hydrogens is 363 g/mol. The molecule has 0 bridgehead atoms. The van der Waals surface area contributed by atoms with Gasteiger partial charge in [-0.05, 0) is 35.9 Å². The molecule has 0 aliphatic carbocycles. The fourth-order valence-corrected chi connectivity index (χ4v) is 3.41. The van der Waals surface area contributed by atoms with Crippen molar-refractivity contribution in [3.8, 4) is 16.9 Å². The number of ether oxygens (including phenoxy) is 1. The molecule has 0 unspecified atom stereocenters. The number of rotatable bonds is 2. The van der Waals surface area contributed by atoms with Crippen molar-refractivity contribution in [2.75, 3.05) is 11.9 Å². The number of halogens is 2. The highest BCUT2D eigenvalue weighted by Gasteiger charge is 2.22. The first-order valence-electron chi connectivity index (χ1n) is 6.34. The summed E-state index contributed by atoms with van der Waals surface area (Å²) in [5.41, 5.74) is 1.27. The molecule has 23 heavy (non-hydrogen) atoms. The van der Waals surface area contributed by atoms with Gasteiger partial charge in [-0.25, -0.2) is 13.6 Å². The van der Waals surface area contributed by atoms with Gasteiger partial charge in [-0.2, -0.15) is 0 Å². The van der Waals surface area contributed by atoms with Gasteiger partial charge < -0.3 is 10.1 Å². The molecule has 0 saturated carbocycles. The molecule has 0 aromatic heterocycles. The molecule has 6 nitrogen and oxygen atoms in total. The van der Waals surface area contributed by atoms with Crippen LogP contribution in [-0.4, -0.2) is 20.9 Å². The Morgan fingerprint density at radius 1 is 1.17 bits per heavy atom. The van der Waals surface area contributed by atoms with Crippen molar-refractivity contribution < 1.29 is 17.9 Å². The van der Waals surface area contributed by atoms with E-state index in [1.807, 2.05) is 0 Å². The van der Waals surface area contributed by atoms with Crippen LogP contribution in [0, 0.1) is 0 Å². The van der Waals surface area contributed by atoms with Crippen LogP contribution in [0.1, 0.15) is 0 Å². The zero-order chi connectivity index (χ0) is 16.8. The smallest absolute Gasteiger partial charge is 0.262 e. The maximum absolute atomic E-state index is 11.5. The van der Waals surface area contributed by atoms with Crippen molar-refractivity contribution in [3.05, 3.63) is 40.4 Å². The summed E-state index contributed by atoms with van der Waals surface area (Å²) >= 11 is 12.3. The van der Waals surface area contributed by atoms with Crippen molar-refractivity contribution in [1.29, 1.82) is 0 Å².